The minimum absolute atomic E-state index is 0.104. The van der Waals surface area contributed by atoms with Crippen LogP contribution in [0.3, 0.4) is 0 Å². The van der Waals surface area contributed by atoms with Crippen LogP contribution < -0.4 is 5.32 Å². The summed E-state index contributed by atoms with van der Waals surface area (Å²) >= 11 is 0. The van der Waals surface area contributed by atoms with Crippen LogP contribution in [0.25, 0.3) is 21.5 Å². The van der Waals surface area contributed by atoms with E-state index in [1.54, 1.807) is 0 Å². The Hall–Kier alpha value is -5.28. The molecule has 4 unspecified atom stereocenters. The zero-order chi connectivity index (χ0) is 34.1. The number of benzene rings is 3. The van der Waals surface area contributed by atoms with Crippen molar-refractivity contribution in [2.75, 3.05) is 0 Å². The molecule has 2 heterocycles. The molecule has 3 nitrogen and oxygen atoms in total. The third kappa shape index (κ3) is 7.63. The Morgan fingerprint density at radius 3 is 2.64 bits per heavy atom. The van der Waals surface area contributed by atoms with Crippen LogP contribution in [0.15, 0.2) is 185 Å². The van der Waals surface area contributed by atoms with E-state index in [0.717, 1.165) is 42.8 Å². The molecule has 3 heteroatoms. The molecule has 4 atom stereocenters. The molecule has 50 heavy (non-hydrogen) atoms. The van der Waals surface area contributed by atoms with Crippen molar-refractivity contribution in [3.63, 3.8) is 0 Å². The van der Waals surface area contributed by atoms with Gasteiger partial charge in [0.1, 0.15) is 5.84 Å². The molecule has 3 aromatic carbocycles. The van der Waals surface area contributed by atoms with Gasteiger partial charge in [-0.15, -0.1) is 6.58 Å². The topological polar surface area (TPSA) is 36.8 Å². The smallest absolute Gasteiger partial charge is 0.129 e. The zero-order valence-corrected chi connectivity index (χ0v) is 28.9. The van der Waals surface area contributed by atoms with E-state index in [1.165, 1.54) is 57.5 Å². The van der Waals surface area contributed by atoms with E-state index in [0.29, 0.717) is 11.8 Å². The fourth-order valence-corrected chi connectivity index (χ4v) is 7.55. The number of allylic oxidation sites excluding steroid dienone is 12. The van der Waals surface area contributed by atoms with E-state index in [-0.39, 0.29) is 12.0 Å². The quantitative estimate of drug-likeness (QED) is 0.125. The second-order valence-electron chi connectivity index (χ2n) is 13.6. The molecule has 0 radical (unpaired) electrons. The Kier molecular flexibility index (Phi) is 10.6. The van der Waals surface area contributed by atoms with Crippen LogP contribution >= 0.6 is 0 Å². The second-order valence-corrected chi connectivity index (χ2v) is 13.6. The summed E-state index contributed by atoms with van der Waals surface area (Å²) in [7, 11) is 0. The molecule has 2 aliphatic carbocycles. The molecular formula is C47H47N3. The molecule has 4 aliphatic rings. The van der Waals surface area contributed by atoms with E-state index in [1.807, 2.05) is 18.5 Å². The van der Waals surface area contributed by atoms with Crippen molar-refractivity contribution in [3.05, 3.63) is 181 Å². The van der Waals surface area contributed by atoms with Crippen molar-refractivity contribution < 1.29 is 0 Å². The lowest BCUT2D eigenvalue weighted by atomic mass is 9.84. The highest BCUT2D eigenvalue weighted by Crippen LogP contribution is 2.35. The predicted octanol–water partition coefficient (Wildman–Crippen LogP) is 11.7. The molecule has 0 spiro atoms. The van der Waals surface area contributed by atoms with Gasteiger partial charge in [-0.1, -0.05) is 128 Å². The van der Waals surface area contributed by atoms with Crippen LogP contribution in [-0.4, -0.2) is 18.1 Å². The van der Waals surface area contributed by atoms with Gasteiger partial charge in [-0.3, -0.25) is 9.98 Å². The van der Waals surface area contributed by atoms with Crippen molar-refractivity contribution in [3.8, 4) is 0 Å². The van der Waals surface area contributed by atoms with E-state index in [2.05, 4.69) is 151 Å². The average molecular weight is 654 g/mol. The largest absolute Gasteiger partial charge is 0.340 e. The van der Waals surface area contributed by atoms with Crippen LogP contribution in [0.1, 0.15) is 56.4 Å². The van der Waals surface area contributed by atoms with Gasteiger partial charge in [-0.05, 0) is 101 Å². The molecule has 0 fully saturated rings. The monoisotopic (exact) mass is 653 g/mol. The molecule has 7 rings (SSSR count). The van der Waals surface area contributed by atoms with E-state index >= 15 is 0 Å². The highest BCUT2D eigenvalue weighted by molar-refractivity contribution is 6.09. The molecule has 1 N–H and O–H groups in total. The summed E-state index contributed by atoms with van der Waals surface area (Å²) in [4.78, 5) is 9.60. The molecule has 2 aliphatic heterocycles. The first-order valence-electron chi connectivity index (χ1n) is 18.2. The number of hydrogen-bond acceptors (Lipinski definition) is 3. The molecule has 0 amide bonds. The third-order valence-electron chi connectivity index (χ3n) is 10.2. The summed E-state index contributed by atoms with van der Waals surface area (Å²) in [5.74, 6) is 1.96. The zero-order valence-electron chi connectivity index (χ0n) is 28.9. The standard InChI is InChI=1S/C47H47N3/c1-3-35(45-31-39-20-8-9-26-42(39)43-27-10-11-28-44(43)45)21-14-25-41-32-46(36(4-2)22-12-16-34-17-15-29-48-33-34)50-47(49-41)40-24-13-23-38(30-40)37-18-6-5-7-19-37/h3-4,6,8-12,14-16,18,20,22-23,25-35,37,41H,1-2,5,7,13,17,19,21,24H2,(H,49,50)/b16-12+,25-14+,36-22+. The van der Waals surface area contributed by atoms with Crippen molar-refractivity contribution in [2.24, 2.45) is 21.8 Å². The summed E-state index contributed by atoms with van der Waals surface area (Å²) < 4.78 is 0. The highest BCUT2D eigenvalue weighted by Gasteiger charge is 2.22. The average Bonchev–Trinajstić information content (AvgIpc) is 3.18. The molecule has 3 aromatic rings. The normalized spacial score (nSPS) is 23.0. The number of fused-ring (bicyclic) bond motifs is 3. The van der Waals surface area contributed by atoms with Gasteiger partial charge in [0.15, 0.2) is 0 Å². The first-order valence-corrected chi connectivity index (χ1v) is 18.2. The maximum Gasteiger partial charge on any atom is 0.129 e. The van der Waals surface area contributed by atoms with Crippen LogP contribution in [0.5, 0.6) is 0 Å². The maximum absolute atomic E-state index is 5.29. The summed E-state index contributed by atoms with van der Waals surface area (Å²) in [6.07, 6.45) is 40.3. The second kappa shape index (κ2) is 16.0. The Bertz CT molecular complexity index is 2070. The lowest BCUT2D eigenvalue weighted by Crippen LogP contribution is -2.32. The van der Waals surface area contributed by atoms with Crippen molar-refractivity contribution >= 4 is 33.6 Å². The molecule has 0 saturated heterocycles. The summed E-state index contributed by atoms with van der Waals surface area (Å²) in [5, 5.41) is 8.86. The van der Waals surface area contributed by atoms with Gasteiger partial charge in [-0.2, -0.15) is 0 Å². The van der Waals surface area contributed by atoms with Gasteiger partial charge in [0.2, 0.25) is 0 Å². The fraction of sp³-hybridized carbons (Fsp3) is 0.234. The lowest BCUT2D eigenvalue weighted by Gasteiger charge is -2.26. The highest BCUT2D eigenvalue weighted by atomic mass is 15.0. The molecule has 0 bridgehead atoms. The molecule has 0 saturated carbocycles. The minimum Gasteiger partial charge on any atom is -0.340 e. The van der Waals surface area contributed by atoms with Crippen molar-refractivity contribution in [2.45, 2.75) is 56.9 Å². The van der Waals surface area contributed by atoms with Gasteiger partial charge in [0.25, 0.3) is 0 Å². The molecule has 0 aromatic heterocycles. The van der Waals surface area contributed by atoms with E-state index < -0.39 is 0 Å². The van der Waals surface area contributed by atoms with Crippen LogP contribution in [-0.2, 0) is 0 Å². The molecule has 250 valence electrons. The predicted molar refractivity (Wildman–Crippen MR) is 216 cm³/mol. The Labute approximate surface area is 297 Å². The molecular weight excluding hydrogens is 607 g/mol. The number of nitrogens with zero attached hydrogens (tertiary/aromatic N) is 2. The number of nitrogens with one attached hydrogen (secondary N) is 1. The van der Waals surface area contributed by atoms with Crippen molar-refractivity contribution in [1.82, 2.24) is 5.32 Å². The number of rotatable bonds is 11. The number of hydrogen-bond donors (Lipinski definition) is 1. The minimum atomic E-state index is -0.104. The SMILES string of the molecule is C=C/C(=C\C=C\C1C=NC=CC1)C1=CC(/C=C/CC(C=C)c2cc3ccccc3c3ccccc23)N=C(C2=CC(C3C=CCCC3)=CCC2)N1. The number of amidine groups is 1. The summed E-state index contributed by atoms with van der Waals surface area (Å²) in [6.45, 7) is 8.47. The van der Waals surface area contributed by atoms with E-state index in [9.17, 15) is 0 Å². The fourth-order valence-electron chi connectivity index (χ4n) is 7.55. The van der Waals surface area contributed by atoms with Crippen LogP contribution in [0.2, 0.25) is 0 Å². The lowest BCUT2D eigenvalue weighted by molar-refractivity contribution is 0.609. The van der Waals surface area contributed by atoms with E-state index in [4.69, 9.17) is 4.99 Å². The summed E-state index contributed by atoms with van der Waals surface area (Å²) in [6, 6.07) is 19.7. The van der Waals surface area contributed by atoms with Gasteiger partial charge in [-0.25, -0.2) is 0 Å². The van der Waals surface area contributed by atoms with Gasteiger partial charge >= 0.3 is 0 Å². The first kappa shape index (κ1) is 33.2. The van der Waals surface area contributed by atoms with Crippen molar-refractivity contribution in [1.29, 1.82) is 0 Å². The first-order chi connectivity index (χ1) is 24.7. The van der Waals surface area contributed by atoms with Gasteiger partial charge < -0.3 is 5.32 Å². The third-order valence-corrected chi connectivity index (χ3v) is 10.2. The Balaban J connectivity index is 1.18. The maximum atomic E-state index is 5.29. The Morgan fingerprint density at radius 2 is 1.84 bits per heavy atom. The van der Waals surface area contributed by atoms with Crippen LogP contribution in [0.4, 0.5) is 0 Å². The van der Waals surface area contributed by atoms with Gasteiger partial charge in [0, 0.05) is 35.9 Å². The Morgan fingerprint density at radius 1 is 0.980 bits per heavy atom. The van der Waals surface area contributed by atoms with Gasteiger partial charge in [0.05, 0.1) is 6.04 Å². The van der Waals surface area contributed by atoms with Crippen LogP contribution in [0, 0.1) is 11.8 Å². The number of aliphatic imine (C=N–C) groups is 2. The summed E-state index contributed by atoms with van der Waals surface area (Å²) in [5.41, 5.74) is 6.11.